The number of allylic oxidation sites excluding steroid dienone is 9. The number of piperidine rings is 1. The zero-order valence-electron chi connectivity index (χ0n) is 20.6. The molecule has 0 saturated carbocycles. The summed E-state index contributed by atoms with van der Waals surface area (Å²) in [5.41, 5.74) is 0.691. The van der Waals surface area contributed by atoms with E-state index < -0.39 is 21.4 Å². The van der Waals surface area contributed by atoms with Crippen LogP contribution in [-0.2, 0) is 4.74 Å². The summed E-state index contributed by atoms with van der Waals surface area (Å²) in [7, 11) is 0. The fourth-order valence-electron chi connectivity index (χ4n) is 4.93. The number of likely N-dealkylation sites (tertiary alicyclic amines) is 1. The fourth-order valence-corrected chi connectivity index (χ4v) is 5.92. The first kappa shape index (κ1) is 27.6. The van der Waals surface area contributed by atoms with Crippen molar-refractivity contribution in [2.45, 2.75) is 47.5 Å². The largest absolute Gasteiger partial charge is 0.429 e. The topological polar surface area (TPSA) is 41.6 Å². The maximum atomic E-state index is 12.5. The lowest BCUT2D eigenvalue weighted by atomic mass is 9.79. The van der Waals surface area contributed by atoms with Crippen LogP contribution >= 0.6 is 34.8 Å². The molecule has 3 aliphatic rings. The number of ether oxygens (including phenoxy) is 1. The third-order valence-electron chi connectivity index (χ3n) is 7.04. The summed E-state index contributed by atoms with van der Waals surface area (Å²) in [6.45, 7) is 2.29. The van der Waals surface area contributed by atoms with Gasteiger partial charge in [0.15, 0.2) is 5.60 Å². The molecule has 1 amide bonds. The Balaban J connectivity index is 1.35. The molecule has 1 aliphatic heterocycles. The minimum Gasteiger partial charge on any atom is -0.429 e. The van der Waals surface area contributed by atoms with Crippen molar-refractivity contribution in [2.24, 2.45) is 0 Å². The first-order valence-electron chi connectivity index (χ1n) is 12.5. The second-order valence-corrected chi connectivity index (χ2v) is 11.4. The van der Waals surface area contributed by atoms with Gasteiger partial charge in [-0.05, 0) is 49.1 Å². The number of amides is 1. The Bertz CT molecular complexity index is 1130. The van der Waals surface area contributed by atoms with E-state index in [4.69, 9.17) is 46.0 Å². The van der Waals surface area contributed by atoms with Crippen molar-refractivity contribution in [3.05, 3.63) is 89.5 Å². The van der Waals surface area contributed by atoms with Gasteiger partial charge in [0.1, 0.15) is 0 Å². The lowest BCUT2D eigenvalue weighted by Gasteiger charge is -2.39. The molecule has 2 atom stereocenters. The van der Waals surface area contributed by atoms with Gasteiger partial charge in [-0.2, -0.15) is 0 Å². The number of benzene rings is 1. The van der Waals surface area contributed by atoms with Crippen LogP contribution in [0, 0.1) is 12.3 Å². The molecular weight excluding hydrogens is 527 g/mol. The number of hydrogen-bond donors (Lipinski definition) is 1. The molecular formula is C30H31Cl3N2O2. The molecule has 0 radical (unpaired) electrons. The smallest absolute Gasteiger partial charge is 0.413 e. The van der Waals surface area contributed by atoms with E-state index in [2.05, 4.69) is 34.4 Å². The average molecular weight is 558 g/mol. The summed E-state index contributed by atoms with van der Waals surface area (Å²) >= 11 is 20.1. The number of carbonyl (C=O) groups excluding carboxylic acids is 1. The van der Waals surface area contributed by atoms with Crippen molar-refractivity contribution in [3.8, 4) is 12.3 Å². The Labute approximate surface area is 234 Å². The standard InChI is InChI=1S/C30H31Cl3N2O2/c1-2-28(37-27(36)34-25-13-11-24(31)12-14-25)19-22-35(23-20-28)21-9-10-26(29(32)15-5-3-6-16-29)30(33)17-7-4-8-18-30/h1,3-8,10-15,17H,9,16,18-23H2,(H,34,36). The maximum absolute atomic E-state index is 12.5. The normalized spacial score (nSPS) is 26.3. The lowest BCUT2D eigenvalue weighted by molar-refractivity contribution is 0.0126. The van der Waals surface area contributed by atoms with Crippen molar-refractivity contribution in [3.63, 3.8) is 0 Å². The summed E-state index contributed by atoms with van der Waals surface area (Å²) in [4.78, 5) is 13.5. The molecule has 1 heterocycles. The van der Waals surface area contributed by atoms with E-state index in [9.17, 15) is 4.79 Å². The summed E-state index contributed by atoms with van der Waals surface area (Å²) in [6.07, 6.45) is 27.0. The molecule has 4 nitrogen and oxygen atoms in total. The molecule has 1 N–H and O–H groups in total. The van der Waals surface area contributed by atoms with E-state index in [0.29, 0.717) is 36.4 Å². The number of halogens is 3. The molecule has 37 heavy (non-hydrogen) atoms. The molecule has 0 bridgehead atoms. The molecule has 1 aromatic rings. The Morgan fingerprint density at radius 1 is 1.03 bits per heavy atom. The van der Waals surface area contributed by atoms with Gasteiger partial charge < -0.3 is 9.64 Å². The minimum atomic E-state index is -0.924. The third kappa shape index (κ3) is 6.92. The Hall–Kier alpha value is -2.42. The second kappa shape index (κ2) is 12.0. The van der Waals surface area contributed by atoms with Crippen LogP contribution in [0.3, 0.4) is 0 Å². The number of terminal acetylenes is 1. The Morgan fingerprint density at radius 2 is 1.62 bits per heavy atom. The number of alkyl halides is 2. The van der Waals surface area contributed by atoms with E-state index in [1.165, 1.54) is 0 Å². The van der Waals surface area contributed by atoms with E-state index in [0.717, 1.165) is 31.6 Å². The van der Waals surface area contributed by atoms with Gasteiger partial charge in [-0.1, -0.05) is 72.2 Å². The summed E-state index contributed by atoms with van der Waals surface area (Å²) in [5, 5.41) is 3.31. The van der Waals surface area contributed by atoms with Gasteiger partial charge in [-0.25, -0.2) is 4.79 Å². The SMILES string of the molecule is C#CC1(OC(=O)Nc2ccc(Cl)cc2)CCN(CCC=C(C2(Cl)C=CC=CC2)C2(Cl)C=CC=CC2)CC1. The molecule has 2 aliphatic carbocycles. The number of carbonyl (C=O) groups is 1. The monoisotopic (exact) mass is 556 g/mol. The Kier molecular flexibility index (Phi) is 8.93. The second-order valence-electron chi connectivity index (χ2n) is 9.62. The van der Waals surface area contributed by atoms with Crippen LogP contribution in [0.25, 0.3) is 0 Å². The van der Waals surface area contributed by atoms with Crippen molar-refractivity contribution in [2.75, 3.05) is 25.0 Å². The number of rotatable bonds is 7. The van der Waals surface area contributed by atoms with E-state index in [-0.39, 0.29) is 0 Å². The zero-order valence-corrected chi connectivity index (χ0v) is 22.9. The highest BCUT2D eigenvalue weighted by Gasteiger charge is 2.41. The van der Waals surface area contributed by atoms with Gasteiger partial charge in [-0.15, -0.1) is 29.6 Å². The van der Waals surface area contributed by atoms with Gasteiger partial charge >= 0.3 is 6.09 Å². The molecule has 194 valence electrons. The highest BCUT2D eigenvalue weighted by molar-refractivity contribution is 6.33. The summed E-state index contributed by atoms with van der Waals surface area (Å²) < 4.78 is 5.72. The molecule has 1 saturated heterocycles. The van der Waals surface area contributed by atoms with E-state index in [1.54, 1.807) is 24.3 Å². The van der Waals surface area contributed by atoms with Gasteiger partial charge in [-0.3, -0.25) is 5.32 Å². The van der Waals surface area contributed by atoms with E-state index >= 15 is 0 Å². The molecule has 1 aromatic carbocycles. The van der Waals surface area contributed by atoms with Crippen molar-refractivity contribution < 1.29 is 9.53 Å². The third-order valence-corrected chi connectivity index (χ3v) is 8.26. The molecule has 2 unspecified atom stereocenters. The molecule has 1 fully saturated rings. The average Bonchev–Trinajstić information content (AvgIpc) is 2.89. The zero-order chi connectivity index (χ0) is 26.4. The summed E-state index contributed by atoms with van der Waals surface area (Å²) in [5.74, 6) is 2.73. The number of nitrogens with zero attached hydrogens (tertiary/aromatic N) is 1. The molecule has 0 spiro atoms. The van der Waals surface area contributed by atoms with Gasteiger partial charge in [0.25, 0.3) is 0 Å². The molecule has 0 aromatic heterocycles. The first-order valence-corrected chi connectivity index (χ1v) is 13.6. The van der Waals surface area contributed by atoms with Crippen LogP contribution < -0.4 is 5.32 Å². The number of hydrogen-bond acceptors (Lipinski definition) is 3. The maximum Gasteiger partial charge on any atom is 0.413 e. The minimum absolute atomic E-state index is 0.564. The van der Waals surface area contributed by atoms with Crippen LogP contribution in [0.1, 0.15) is 32.1 Å². The van der Waals surface area contributed by atoms with Crippen molar-refractivity contribution >= 4 is 46.6 Å². The highest BCUT2D eigenvalue weighted by atomic mass is 35.5. The van der Waals surface area contributed by atoms with Crippen LogP contribution in [0.4, 0.5) is 10.5 Å². The fraction of sp³-hybridized carbons (Fsp3) is 0.367. The van der Waals surface area contributed by atoms with Crippen LogP contribution in [-0.4, -0.2) is 46.0 Å². The quantitative estimate of drug-likeness (QED) is 0.213. The number of nitrogens with one attached hydrogen (secondary N) is 1. The lowest BCUT2D eigenvalue weighted by Crippen LogP contribution is -2.47. The van der Waals surface area contributed by atoms with Crippen LogP contribution in [0.15, 0.2) is 84.5 Å². The van der Waals surface area contributed by atoms with Crippen LogP contribution in [0.2, 0.25) is 5.02 Å². The van der Waals surface area contributed by atoms with Crippen molar-refractivity contribution in [1.82, 2.24) is 4.90 Å². The van der Waals surface area contributed by atoms with Gasteiger partial charge in [0, 0.05) is 43.2 Å². The first-order chi connectivity index (χ1) is 17.8. The molecule has 7 heteroatoms. The van der Waals surface area contributed by atoms with Gasteiger partial charge in [0.05, 0.1) is 9.75 Å². The highest BCUT2D eigenvalue weighted by Crippen LogP contribution is 2.46. The van der Waals surface area contributed by atoms with Crippen molar-refractivity contribution in [1.29, 1.82) is 0 Å². The predicted octanol–water partition coefficient (Wildman–Crippen LogP) is 7.66. The number of anilines is 1. The van der Waals surface area contributed by atoms with E-state index in [1.807, 2.05) is 36.5 Å². The van der Waals surface area contributed by atoms with Gasteiger partial charge in [0.2, 0.25) is 0 Å². The molecule has 4 rings (SSSR count). The predicted molar refractivity (Wildman–Crippen MR) is 154 cm³/mol. The Morgan fingerprint density at radius 3 is 2.14 bits per heavy atom. The van der Waals surface area contributed by atoms with Crippen LogP contribution in [0.5, 0.6) is 0 Å². The summed E-state index contributed by atoms with van der Waals surface area (Å²) in [6, 6.07) is 6.83.